The van der Waals surface area contributed by atoms with Gasteiger partial charge in [-0.05, 0) is 31.1 Å². The van der Waals surface area contributed by atoms with Gasteiger partial charge in [-0.15, -0.1) is 0 Å². The minimum atomic E-state index is 0.655. The summed E-state index contributed by atoms with van der Waals surface area (Å²) in [7, 11) is 1.66. The molecular weight excluding hydrogens is 244 g/mol. The number of nitrogens with one attached hydrogen (secondary N) is 1. The summed E-state index contributed by atoms with van der Waals surface area (Å²) in [6.07, 6.45) is 3.94. The molecule has 0 amide bonds. The van der Waals surface area contributed by atoms with Gasteiger partial charge in [0.05, 0.1) is 12.8 Å². The zero-order chi connectivity index (χ0) is 12.8. The molecule has 0 aromatic carbocycles. The lowest BCUT2D eigenvalue weighted by Gasteiger charge is -2.13. The highest BCUT2D eigenvalue weighted by Crippen LogP contribution is 2.29. The zero-order valence-corrected chi connectivity index (χ0v) is 12.0. The summed E-state index contributed by atoms with van der Waals surface area (Å²) in [4.78, 5) is 4.42. The van der Waals surface area contributed by atoms with Crippen LogP contribution in [0.3, 0.4) is 0 Å². The van der Waals surface area contributed by atoms with E-state index in [1.807, 2.05) is 18.2 Å². The standard InChI is InChI=1S/C14H22N2OS/c1-3-18-13-8-7-11(9-13)15-10-12-5-4-6-14(16-12)17-2/h4-6,11,13,15H,3,7-10H2,1-2H3. The van der Waals surface area contributed by atoms with Crippen LogP contribution in [0.4, 0.5) is 0 Å². The normalized spacial score (nSPS) is 23.2. The minimum Gasteiger partial charge on any atom is -0.481 e. The number of rotatable bonds is 6. The highest BCUT2D eigenvalue weighted by atomic mass is 32.2. The third kappa shape index (κ3) is 3.89. The molecule has 1 aromatic heterocycles. The summed E-state index contributed by atoms with van der Waals surface area (Å²) < 4.78 is 5.13. The molecule has 1 saturated carbocycles. The van der Waals surface area contributed by atoms with Gasteiger partial charge < -0.3 is 10.1 Å². The van der Waals surface area contributed by atoms with Gasteiger partial charge in [0.15, 0.2) is 0 Å². The predicted molar refractivity (Wildman–Crippen MR) is 77.2 cm³/mol. The summed E-state index contributed by atoms with van der Waals surface area (Å²) in [5, 5.41) is 4.46. The van der Waals surface area contributed by atoms with E-state index in [0.29, 0.717) is 11.9 Å². The molecule has 3 nitrogen and oxygen atoms in total. The van der Waals surface area contributed by atoms with E-state index in [1.165, 1.54) is 25.0 Å². The van der Waals surface area contributed by atoms with E-state index in [1.54, 1.807) is 7.11 Å². The Morgan fingerprint density at radius 2 is 2.33 bits per heavy atom. The monoisotopic (exact) mass is 266 g/mol. The highest BCUT2D eigenvalue weighted by Gasteiger charge is 2.23. The van der Waals surface area contributed by atoms with E-state index in [9.17, 15) is 0 Å². The molecule has 1 aliphatic carbocycles. The Morgan fingerprint density at radius 1 is 1.44 bits per heavy atom. The number of hydrogen-bond acceptors (Lipinski definition) is 4. The number of pyridine rings is 1. The van der Waals surface area contributed by atoms with Crippen molar-refractivity contribution in [3.05, 3.63) is 23.9 Å². The first-order valence-electron chi connectivity index (χ1n) is 6.66. The number of hydrogen-bond donors (Lipinski definition) is 1. The lowest BCUT2D eigenvalue weighted by atomic mass is 10.2. The van der Waals surface area contributed by atoms with Crippen LogP contribution >= 0.6 is 11.8 Å². The van der Waals surface area contributed by atoms with E-state index in [0.717, 1.165) is 17.5 Å². The summed E-state index contributed by atoms with van der Waals surface area (Å²) >= 11 is 2.09. The molecule has 1 aliphatic rings. The zero-order valence-electron chi connectivity index (χ0n) is 11.2. The molecule has 2 atom stereocenters. The van der Waals surface area contributed by atoms with Crippen molar-refractivity contribution in [3.8, 4) is 5.88 Å². The van der Waals surface area contributed by atoms with Crippen molar-refractivity contribution in [2.75, 3.05) is 12.9 Å². The Bertz CT molecular complexity index is 373. The van der Waals surface area contributed by atoms with Crippen molar-refractivity contribution in [2.45, 2.75) is 44.0 Å². The van der Waals surface area contributed by atoms with Gasteiger partial charge in [-0.25, -0.2) is 4.98 Å². The van der Waals surface area contributed by atoms with Crippen molar-refractivity contribution in [2.24, 2.45) is 0 Å². The SMILES string of the molecule is CCSC1CCC(NCc2cccc(OC)n2)C1. The maximum absolute atomic E-state index is 5.13. The lowest BCUT2D eigenvalue weighted by Crippen LogP contribution is -2.26. The average Bonchev–Trinajstić information content (AvgIpc) is 2.85. The summed E-state index contributed by atoms with van der Waals surface area (Å²) in [6, 6.07) is 6.57. The van der Waals surface area contributed by atoms with Crippen molar-refractivity contribution in [1.29, 1.82) is 0 Å². The Balaban J connectivity index is 1.78. The molecule has 4 heteroatoms. The van der Waals surface area contributed by atoms with Crippen LogP contribution in [-0.4, -0.2) is 29.1 Å². The van der Waals surface area contributed by atoms with Crippen LogP contribution in [0.15, 0.2) is 18.2 Å². The van der Waals surface area contributed by atoms with Gasteiger partial charge in [0.25, 0.3) is 0 Å². The lowest BCUT2D eigenvalue weighted by molar-refractivity contribution is 0.395. The maximum atomic E-state index is 5.13. The van der Waals surface area contributed by atoms with E-state index < -0.39 is 0 Å². The molecule has 1 aromatic rings. The van der Waals surface area contributed by atoms with Gasteiger partial charge in [0.1, 0.15) is 0 Å². The maximum Gasteiger partial charge on any atom is 0.213 e. The number of methoxy groups -OCH3 is 1. The Kier molecular flexibility index (Phi) is 5.32. The van der Waals surface area contributed by atoms with Crippen LogP contribution in [0.2, 0.25) is 0 Å². The van der Waals surface area contributed by atoms with Crippen LogP contribution in [0.1, 0.15) is 31.9 Å². The first-order chi connectivity index (χ1) is 8.81. The van der Waals surface area contributed by atoms with Crippen molar-refractivity contribution >= 4 is 11.8 Å². The second kappa shape index (κ2) is 7.00. The van der Waals surface area contributed by atoms with Gasteiger partial charge in [0, 0.05) is 23.9 Å². The molecule has 2 unspecified atom stereocenters. The molecule has 0 spiro atoms. The molecule has 2 rings (SSSR count). The van der Waals surface area contributed by atoms with Gasteiger partial charge in [-0.2, -0.15) is 11.8 Å². The number of nitrogens with zero attached hydrogens (tertiary/aromatic N) is 1. The van der Waals surface area contributed by atoms with Crippen molar-refractivity contribution < 1.29 is 4.74 Å². The summed E-state index contributed by atoms with van der Waals surface area (Å²) in [5.41, 5.74) is 1.06. The highest BCUT2D eigenvalue weighted by molar-refractivity contribution is 7.99. The topological polar surface area (TPSA) is 34.1 Å². The Hall–Kier alpha value is -0.740. The van der Waals surface area contributed by atoms with Crippen LogP contribution in [0.5, 0.6) is 5.88 Å². The molecule has 0 bridgehead atoms. The fourth-order valence-electron chi connectivity index (χ4n) is 2.43. The molecule has 1 heterocycles. The Labute approximate surface area is 114 Å². The quantitative estimate of drug-likeness (QED) is 0.858. The minimum absolute atomic E-state index is 0.655. The largest absolute Gasteiger partial charge is 0.481 e. The van der Waals surface area contributed by atoms with E-state index in [-0.39, 0.29) is 0 Å². The predicted octanol–water partition coefficient (Wildman–Crippen LogP) is 2.85. The van der Waals surface area contributed by atoms with Crippen LogP contribution in [0.25, 0.3) is 0 Å². The van der Waals surface area contributed by atoms with Gasteiger partial charge in [-0.3, -0.25) is 0 Å². The molecule has 0 saturated heterocycles. The van der Waals surface area contributed by atoms with Gasteiger partial charge >= 0.3 is 0 Å². The van der Waals surface area contributed by atoms with E-state index >= 15 is 0 Å². The summed E-state index contributed by atoms with van der Waals surface area (Å²) in [6.45, 7) is 3.08. The third-order valence-electron chi connectivity index (χ3n) is 3.35. The van der Waals surface area contributed by atoms with Crippen molar-refractivity contribution in [1.82, 2.24) is 10.3 Å². The molecule has 1 N–H and O–H groups in total. The van der Waals surface area contributed by atoms with Crippen LogP contribution in [0, 0.1) is 0 Å². The fourth-order valence-corrected chi connectivity index (χ4v) is 3.57. The molecule has 18 heavy (non-hydrogen) atoms. The number of ether oxygens (including phenoxy) is 1. The van der Waals surface area contributed by atoms with Crippen LogP contribution < -0.4 is 10.1 Å². The second-order valence-electron chi connectivity index (χ2n) is 4.64. The van der Waals surface area contributed by atoms with E-state index in [2.05, 4.69) is 29.0 Å². The average molecular weight is 266 g/mol. The summed E-state index contributed by atoms with van der Waals surface area (Å²) in [5.74, 6) is 1.93. The third-order valence-corrected chi connectivity index (χ3v) is 4.58. The molecule has 1 fully saturated rings. The second-order valence-corrected chi connectivity index (χ2v) is 6.22. The van der Waals surface area contributed by atoms with Crippen LogP contribution in [-0.2, 0) is 6.54 Å². The first kappa shape index (κ1) is 13.7. The molecular formula is C14H22N2OS. The van der Waals surface area contributed by atoms with Crippen molar-refractivity contribution in [3.63, 3.8) is 0 Å². The van der Waals surface area contributed by atoms with E-state index in [4.69, 9.17) is 4.74 Å². The van der Waals surface area contributed by atoms with Gasteiger partial charge in [0.2, 0.25) is 5.88 Å². The number of thioether (sulfide) groups is 1. The smallest absolute Gasteiger partial charge is 0.213 e. The Morgan fingerprint density at radius 3 is 3.11 bits per heavy atom. The van der Waals surface area contributed by atoms with Gasteiger partial charge in [-0.1, -0.05) is 13.0 Å². The number of aromatic nitrogens is 1. The molecule has 100 valence electrons. The first-order valence-corrected chi connectivity index (χ1v) is 7.71. The fraction of sp³-hybridized carbons (Fsp3) is 0.643. The molecule has 0 aliphatic heterocycles. The molecule has 0 radical (unpaired) electrons.